The number of halogens is 1. The number of hydrogen-bond donors (Lipinski definition) is 2. The van der Waals surface area contributed by atoms with E-state index in [1.165, 1.54) is 30.5 Å². The fraction of sp³-hybridized carbons (Fsp3) is 0.0833. The third kappa shape index (κ3) is 3.45. The lowest BCUT2D eigenvalue weighted by molar-refractivity contribution is 0.102. The van der Waals surface area contributed by atoms with Crippen LogP contribution < -0.4 is 10.0 Å². The van der Waals surface area contributed by atoms with Gasteiger partial charge in [-0.1, -0.05) is 6.07 Å². The van der Waals surface area contributed by atoms with Crippen LogP contribution >= 0.6 is 27.3 Å². The van der Waals surface area contributed by atoms with Gasteiger partial charge in [0.05, 0.1) is 14.2 Å². The molecule has 1 aromatic heterocycles. The Morgan fingerprint density at radius 1 is 1.30 bits per heavy atom. The molecular formula is C12H11BrN2O3S2. The quantitative estimate of drug-likeness (QED) is 0.863. The molecule has 0 radical (unpaired) electrons. The summed E-state index contributed by atoms with van der Waals surface area (Å²) in [4.78, 5) is 12.1. The van der Waals surface area contributed by atoms with Crippen molar-refractivity contribution in [1.82, 2.24) is 4.72 Å². The zero-order chi connectivity index (χ0) is 14.8. The highest BCUT2D eigenvalue weighted by Crippen LogP contribution is 2.22. The number of nitrogens with one attached hydrogen (secondary N) is 2. The van der Waals surface area contributed by atoms with Gasteiger partial charge in [-0.15, -0.1) is 11.3 Å². The first kappa shape index (κ1) is 15.2. The Labute approximate surface area is 129 Å². The van der Waals surface area contributed by atoms with Crippen molar-refractivity contribution >= 4 is 48.9 Å². The fourth-order valence-electron chi connectivity index (χ4n) is 1.49. The molecule has 0 fully saturated rings. The predicted octanol–water partition coefficient (Wildman–Crippen LogP) is 2.67. The minimum Gasteiger partial charge on any atom is -0.322 e. The lowest BCUT2D eigenvalue weighted by Gasteiger charge is -2.07. The Balaban J connectivity index is 2.23. The average molecular weight is 375 g/mol. The van der Waals surface area contributed by atoms with Crippen LogP contribution in [0.4, 0.5) is 5.69 Å². The molecule has 1 amide bonds. The van der Waals surface area contributed by atoms with Crippen molar-refractivity contribution in [2.45, 2.75) is 4.90 Å². The van der Waals surface area contributed by atoms with Gasteiger partial charge in [0.1, 0.15) is 0 Å². The summed E-state index contributed by atoms with van der Waals surface area (Å²) in [6.07, 6.45) is 0. The van der Waals surface area contributed by atoms with E-state index in [1.807, 2.05) is 0 Å². The molecule has 0 saturated heterocycles. The van der Waals surface area contributed by atoms with Crippen molar-refractivity contribution in [3.8, 4) is 0 Å². The number of hydrogen-bond acceptors (Lipinski definition) is 4. The standard InChI is InChI=1S/C12H11BrN2O3S2/c1-14-20(17,18)10-4-2-3-9(6-10)15-12(16)8-5-11(13)19-7-8/h2-7,14H,1H3,(H,15,16). The van der Waals surface area contributed by atoms with Gasteiger partial charge in [-0.2, -0.15) is 0 Å². The molecule has 5 nitrogen and oxygen atoms in total. The number of carbonyl (C=O) groups is 1. The van der Waals surface area contributed by atoms with Crippen LogP contribution in [-0.2, 0) is 10.0 Å². The van der Waals surface area contributed by atoms with Crippen LogP contribution in [0.2, 0.25) is 0 Å². The summed E-state index contributed by atoms with van der Waals surface area (Å²) in [7, 11) is -2.19. The van der Waals surface area contributed by atoms with E-state index in [-0.39, 0.29) is 10.8 Å². The number of carbonyl (C=O) groups excluding carboxylic acids is 1. The van der Waals surface area contributed by atoms with E-state index in [1.54, 1.807) is 23.6 Å². The largest absolute Gasteiger partial charge is 0.322 e. The lowest BCUT2D eigenvalue weighted by atomic mass is 10.3. The lowest BCUT2D eigenvalue weighted by Crippen LogP contribution is -2.19. The Hall–Kier alpha value is -1.22. The molecule has 0 bridgehead atoms. The van der Waals surface area contributed by atoms with Crippen molar-refractivity contribution < 1.29 is 13.2 Å². The highest BCUT2D eigenvalue weighted by atomic mass is 79.9. The van der Waals surface area contributed by atoms with Crippen LogP contribution in [0.3, 0.4) is 0 Å². The molecule has 1 heterocycles. The number of anilines is 1. The van der Waals surface area contributed by atoms with Gasteiger partial charge in [-0.05, 0) is 47.2 Å². The first-order chi connectivity index (χ1) is 9.42. The van der Waals surface area contributed by atoms with Crippen molar-refractivity contribution in [2.75, 3.05) is 12.4 Å². The molecular weight excluding hydrogens is 364 g/mol. The van der Waals surface area contributed by atoms with Crippen molar-refractivity contribution in [2.24, 2.45) is 0 Å². The normalized spacial score (nSPS) is 11.3. The van der Waals surface area contributed by atoms with E-state index < -0.39 is 10.0 Å². The molecule has 0 aliphatic heterocycles. The molecule has 2 N–H and O–H groups in total. The number of thiophene rings is 1. The van der Waals surface area contributed by atoms with Gasteiger partial charge in [-0.3, -0.25) is 4.79 Å². The van der Waals surface area contributed by atoms with Crippen LogP contribution in [0, 0.1) is 0 Å². The summed E-state index contributed by atoms with van der Waals surface area (Å²) in [6.45, 7) is 0. The molecule has 8 heteroatoms. The maximum atomic E-state index is 12.0. The van der Waals surface area contributed by atoms with Crippen molar-refractivity contribution in [3.63, 3.8) is 0 Å². The Morgan fingerprint density at radius 3 is 2.65 bits per heavy atom. The molecule has 0 spiro atoms. The summed E-state index contributed by atoms with van der Waals surface area (Å²) in [6, 6.07) is 7.78. The van der Waals surface area contributed by atoms with Gasteiger partial charge in [-0.25, -0.2) is 13.1 Å². The van der Waals surface area contributed by atoms with Gasteiger partial charge in [0.25, 0.3) is 5.91 Å². The third-order valence-electron chi connectivity index (χ3n) is 2.50. The van der Waals surface area contributed by atoms with Crippen molar-refractivity contribution in [3.05, 3.63) is 45.1 Å². The van der Waals surface area contributed by atoms with Crippen LogP contribution in [-0.4, -0.2) is 21.4 Å². The average Bonchev–Trinajstić information content (AvgIpc) is 2.86. The van der Waals surface area contributed by atoms with Gasteiger partial charge in [0.15, 0.2) is 0 Å². The van der Waals surface area contributed by atoms with E-state index in [9.17, 15) is 13.2 Å². The monoisotopic (exact) mass is 374 g/mol. The molecule has 1 aromatic carbocycles. The summed E-state index contributed by atoms with van der Waals surface area (Å²) < 4.78 is 26.5. The zero-order valence-corrected chi connectivity index (χ0v) is 13.6. The molecule has 106 valence electrons. The molecule has 0 atom stereocenters. The number of amides is 1. The second-order valence-electron chi connectivity index (χ2n) is 3.83. The summed E-state index contributed by atoms with van der Waals surface area (Å²) >= 11 is 4.69. The minimum absolute atomic E-state index is 0.101. The SMILES string of the molecule is CNS(=O)(=O)c1cccc(NC(=O)c2csc(Br)c2)c1. The molecule has 0 aliphatic rings. The highest BCUT2D eigenvalue weighted by Gasteiger charge is 2.13. The first-order valence-electron chi connectivity index (χ1n) is 5.51. The third-order valence-corrected chi connectivity index (χ3v) is 5.42. The summed E-state index contributed by atoms with van der Waals surface area (Å²) in [5.74, 6) is -0.286. The summed E-state index contributed by atoms with van der Waals surface area (Å²) in [5.41, 5.74) is 0.942. The number of rotatable bonds is 4. The number of sulfonamides is 1. The van der Waals surface area contributed by atoms with Crippen LogP contribution in [0.25, 0.3) is 0 Å². The Morgan fingerprint density at radius 2 is 2.05 bits per heavy atom. The second-order valence-corrected chi connectivity index (χ2v) is 8.01. The molecule has 0 saturated carbocycles. The van der Waals surface area contributed by atoms with Crippen LogP contribution in [0.1, 0.15) is 10.4 Å². The molecule has 0 unspecified atom stereocenters. The zero-order valence-electron chi connectivity index (χ0n) is 10.4. The van der Waals surface area contributed by atoms with E-state index in [0.717, 1.165) is 3.79 Å². The molecule has 2 aromatic rings. The van der Waals surface area contributed by atoms with Crippen LogP contribution in [0.5, 0.6) is 0 Å². The van der Waals surface area contributed by atoms with Crippen molar-refractivity contribution in [1.29, 1.82) is 0 Å². The smallest absolute Gasteiger partial charge is 0.256 e. The predicted molar refractivity (Wildman–Crippen MR) is 82.7 cm³/mol. The second kappa shape index (κ2) is 6.04. The van der Waals surface area contributed by atoms with Crippen LogP contribution in [0.15, 0.2) is 44.4 Å². The highest BCUT2D eigenvalue weighted by molar-refractivity contribution is 9.11. The molecule has 2 rings (SSSR count). The summed E-state index contributed by atoms with van der Waals surface area (Å²) in [5, 5.41) is 4.38. The Kier molecular flexibility index (Phi) is 4.59. The van der Waals surface area contributed by atoms with E-state index in [2.05, 4.69) is 26.0 Å². The fourth-order valence-corrected chi connectivity index (χ4v) is 3.40. The number of benzene rings is 1. The Bertz CT molecular complexity index is 741. The van der Waals surface area contributed by atoms with E-state index in [0.29, 0.717) is 11.3 Å². The van der Waals surface area contributed by atoms with E-state index >= 15 is 0 Å². The van der Waals surface area contributed by atoms with E-state index in [4.69, 9.17) is 0 Å². The minimum atomic E-state index is -3.52. The maximum absolute atomic E-state index is 12.0. The maximum Gasteiger partial charge on any atom is 0.256 e. The molecule has 20 heavy (non-hydrogen) atoms. The van der Waals surface area contributed by atoms with Gasteiger partial charge >= 0.3 is 0 Å². The topological polar surface area (TPSA) is 75.3 Å². The van der Waals surface area contributed by atoms with Gasteiger partial charge in [0.2, 0.25) is 10.0 Å². The van der Waals surface area contributed by atoms with Gasteiger partial charge in [0, 0.05) is 11.1 Å². The van der Waals surface area contributed by atoms with Gasteiger partial charge < -0.3 is 5.32 Å². The molecule has 0 aliphatic carbocycles. The first-order valence-corrected chi connectivity index (χ1v) is 8.67.